The Morgan fingerprint density at radius 3 is 2.57 bits per heavy atom. The summed E-state index contributed by atoms with van der Waals surface area (Å²) < 4.78 is 28.4. The van der Waals surface area contributed by atoms with Crippen molar-refractivity contribution in [1.29, 1.82) is 0 Å². The fraction of sp³-hybridized carbons (Fsp3) is 0.200. The van der Waals surface area contributed by atoms with Gasteiger partial charge in [0.15, 0.2) is 0 Å². The molecule has 0 bridgehead atoms. The molecule has 0 heterocycles. The molecule has 110 valence electrons. The predicted octanol–water partition coefficient (Wildman–Crippen LogP) is 4.23. The second-order valence-corrected chi connectivity index (χ2v) is 8.29. The van der Waals surface area contributed by atoms with Crippen molar-refractivity contribution < 1.29 is 8.42 Å². The first-order valence-electron chi connectivity index (χ1n) is 6.55. The molecule has 0 saturated carbocycles. The Kier molecular flexibility index (Phi) is 4.16. The molecule has 21 heavy (non-hydrogen) atoms. The summed E-state index contributed by atoms with van der Waals surface area (Å²) in [6, 6.07) is 10.5. The quantitative estimate of drug-likeness (QED) is 0.736. The molecule has 0 radical (unpaired) electrons. The Labute approximate surface area is 142 Å². The molecule has 0 unspecified atom stereocenters. The Hall–Kier alpha value is -0.790. The zero-order chi connectivity index (χ0) is 15.0. The van der Waals surface area contributed by atoms with Gasteiger partial charge in [-0.3, -0.25) is 4.72 Å². The minimum Gasteiger partial charge on any atom is -0.279 e. The number of aryl methyl sites for hydroxylation is 2. The molecule has 0 aliphatic heterocycles. The Balaban J connectivity index is 1.93. The number of rotatable bonds is 3. The van der Waals surface area contributed by atoms with Crippen molar-refractivity contribution in [3.63, 3.8) is 0 Å². The van der Waals surface area contributed by atoms with E-state index in [1.54, 1.807) is 30.3 Å². The van der Waals surface area contributed by atoms with Gasteiger partial charge >= 0.3 is 0 Å². The third-order valence-corrected chi connectivity index (χ3v) is 6.05. The van der Waals surface area contributed by atoms with Crippen molar-refractivity contribution in [3.05, 3.63) is 56.1 Å². The predicted molar refractivity (Wildman–Crippen MR) is 93.4 cm³/mol. The van der Waals surface area contributed by atoms with E-state index < -0.39 is 10.0 Å². The highest BCUT2D eigenvalue weighted by atomic mass is 127. The molecule has 3 nitrogen and oxygen atoms in total. The van der Waals surface area contributed by atoms with Crippen LogP contribution in [0.2, 0.25) is 5.02 Å². The first-order chi connectivity index (χ1) is 9.95. The van der Waals surface area contributed by atoms with Crippen LogP contribution in [0.4, 0.5) is 5.69 Å². The number of halogens is 2. The molecule has 0 spiro atoms. The number of anilines is 1. The molecule has 0 fully saturated rings. The van der Waals surface area contributed by atoms with Gasteiger partial charge in [-0.25, -0.2) is 8.42 Å². The minimum atomic E-state index is -3.57. The normalized spacial score (nSPS) is 14.0. The van der Waals surface area contributed by atoms with Crippen molar-refractivity contribution in [1.82, 2.24) is 0 Å². The molecule has 1 N–H and O–H groups in total. The summed E-state index contributed by atoms with van der Waals surface area (Å²) in [4.78, 5) is 0.314. The highest BCUT2D eigenvalue weighted by Gasteiger charge is 2.19. The second-order valence-electron chi connectivity index (χ2n) is 5.01. The number of hydrogen-bond acceptors (Lipinski definition) is 2. The van der Waals surface area contributed by atoms with Gasteiger partial charge in [-0.05, 0) is 83.3 Å². The van der Waals surface area contributed by atoms with E-state index in [1.165, 1.54) is 5.56 Å². The molecular weight excluding hydrogens is 421 g/mol. The first-order valence-corrected chi connectivity index (χ1v) is 9.49. The van der Waals surface area contributed by atoms with Crippen LogP contribution in [0.25, 0.3) is 0 Å². The second kappa shape index (κ2) is 5.78. The van der Waals surface area contributed by atoms with Gasteiger partial charge < -0.3 is 0 Å². The monoisotopic (exact) mass is 433 g/mol. The molecule has 3 rings (SSSR count). The average Bonchev–Trinajstić information content (AvgIpc) is 2.89. The Bertz CT molecular complexity index is 805. The fourth-order valence-corrected chi connectivity index (χ4v) is 4.81. The standard InChI is InChI=1S/C15H13ClINO2S/c16-12-5-7-15(14(17)9-12)18-21(19,20)13-6-4-10-2-1-3-11(10)8-13/h4-9,18H,1-3H2. The topological polar surface area (TPSA) is 46.2 Å². The van der Waals surface area contributed by atoms with Crippen molar-refractivity contribution in [2.24, 2.45) is 0 Å². The summed E-state index contributed by atoms with van der Waals surface area (Å²) in [5, 5.41) is 0.583. The summed E-state index contributed by atoms with van der Waals surface area (Å²) in [5.74, 6) is 0. The van der Waals surface area contributed by atoms with Crippen molar-refractivity contribution >= 4 is 49.9 Å². The van der Waals surface area contributed by atoms with E-state index >= 15 is 0 Å². The zero-order valence-corrected chi connectivity index (χ0v) is 14.8. The lowest BCUT2D eigenvalue weighted by Crippen LogP contribution is -2.14. The van der Waals surface area contributed by atoms with Crippen LogP contribution in [0.5, 0.6) is 0 Å². The SMILES string of the molecule is O=S(=O)(Nc1ccc(Cl)cc1I)c1ccc2c(c1)CCC2. The van der Waals surface area contributed by atoms with Gasteiger partial charge in [0.1, 0.15) is 0 Å². The first kappa shape index (κ1) is 15.1. The highest BCUT2D eigenvalue weighted by Crippen LogP contribution is 2.28. The van der Waals surface area contributed by atoms with E-state index in [1.807, 2.05) is 6.07 Å². The van der Waals surface area contributed by atoms with E-state index in [9.17, 15) is 8.42 Å². The van der Waals surface area contributed by atoms with Crippen molar-refractivity contribution in [2.75, 3.05) is 4.72 Å². The van der Waals surface area contributed by atoms with E-state index in [4.69, 9.17) is 11.6 Å². The van der Waals surface area contributed by atoms with Gasteiger partial charge in [0.2, 0.25) is 0 Å². The zero-order valence-electron chi connectivity index (χ0n) is 11.1. The molecular formula is C15H13ClINO2S. The molecule has 1 aliphatic rings. The van der Waals surface area contributed by atoms with Crippen molar-refractivity contribution in [3.8, 4) is 0 Å². The summed E-state index contributed by atoms with van der Waals surface area (Å²) >= 11 is 7.95. The smallest absolute Gasteiger partial charge is 0.261 e. The third-order valence-electron chi connectivity index (χ3n) is 3.56. The van der Waals surface area contributed by atoms with Gasteiger partial charge in [-0.1, -0.05) is 17.7 Å². The summed E-state index contributed by atoms with van der Waals surface area (Å²) in [6.45, 7) is 0. The van der Waals surface area contributed by atoms with Crippen LogP contribution in [-0.4, -0.2) is 8.42 Å². The number of hydrogen-bond donors (Lipinski definition) is 1. The largest absolute Gasteiger partial charge is 0.279 e. The number of sulfonamides is 1. The van der Waals surface area contributed by atoms with Crippen LogP contribution in [0.3, 0.4) is 0 Å². The van der Waals surface area contributed by atoms with Crippen LogP contribution < -0.4 is 4.72 Å². The van der Waals surface area contributed by atoms with E-state index in [0.717, 1.165) is 28.4 Å². The Morgan fingerprint density at radius 2 is 1.81 bits per heavy atom. The van der Waals surface area contributed by atoms with Crippen LogP contribution >= 0.6 is 34.2 Å². The van der Waals surface area contributed by atoms with Crippen LogP contribution in [0.1, 0.15) is 17.5 Å². The van der Waals surface area contributed by atoms with E-state index in [-0.39, 0.29) is 0 Å². The van der Waals surface area contributed by atoms with E-state index in [0.29, 0.717) is 15.6 Å². The maximum atomic E-state index is 12.5. The van der Waals surface area contributed by atoms with Crippen LogP contribution in [0.15, 0.2) is 41.3 Å². The molecule has 0 saturated heterocycles. The number of benzene rings is 2. The highest BCUT2D eigenvalue weighted by molar-refractivity contribution is 14.1. The van der Waals surface area contributed by atoms with Crippen molar-refractivity contribution in [2.45, 2.75) is 24.2 Å². The average molecular weight is 434 g/mol. The molecule has 0 aromatic heterocycles. The molecule has 0 atom stereocenters. The Morgan fingerprint density at radius 1 is 1.05 bits per heavy atom. The maximum absolute atomic E-state index is 12.5. The lowest BCUT2D eigenvalue weighted by atomic mass is 10.1. The van der Waals surface area contributed by atoms with Gasteiger partial charge in [0.05, 0.1) is 10.6 Å². The van der Waals surface area contributed by atoms with Gasteiger partial charge in [0, 0.05) is 8.59 Å². The minimum absolute atomic E-state index is 0.314. The van der Waals surface area contributed by atoms with Crippen LogP contribution in [-0.2, 0) is 22.9 Å². The van der Waals surface area contributed by atoms with Gasteiger partial charge in [-0.2, -0.15) is 0 Å². The number of fused-ring (bicyclic) bond motifs is 1. The summed E-state index contributed by atoms with van der Waals surface area (Å²) in [7, 11) is -3.57. The molecule has 0 amide bonds. The molecule has 2 aromatic rings. The molecule has 1 aliphatic carbocycles. The lowest BCUT2D eigenvalue weighted by molar-refractivity contribution is 0.601. The van der Waals surface area contributed by atoms with Crippen LogP contribution in [0, 0.1) is 3.57 Å². The maximum Gasteiger partial charge on any atom is 0.261 e. The molecule has 2 aromatic carbocycles. The summed E-state index contributed by atoms with van der Waals surface area (Å²) in [5.41, 5.74) is 2.94. The number of nitrogens with one attached hydrogen (secondary N) is 1. The summed E-state index contributed by atoms with van der Waals surface area (Å²) in [6.07, 6.45) is 3.09. The fourth-order valence-electron chi connectivity index (χ4n) is 2.49. The third kappa shape index (κ3) is 3.19. The molecule has 6 heteroatoms. The van der Waals surface area contributed by atoms with Gasteiger partial charge in [-0.15, -0.1) is 0 Å². The van der Waals surface area contributed by atoms with E-state index in [2.05, 4.69) is 27.3 Å². The lowest BCUT2D eigenvalue weighted by Gasteiger charge is -2.11. The van der Waals surface area contributed by atoms with Gasteiger partial charge in [0.25, 0.3) is 10.0 Å².